The summed E-state index contributed by atoms with van der Waals surface area (Å²) in [5.74, 6) is 0. The number of rotatable bonds is 10. The highest BCUT2D eigenvalue weighted by atomic mass is 32.1. The molecule has 1 N–H and O–H groups in total. The zero-order valence-electron chi connectivity index (χ0n) is 18.9. The van der Waals surface area contributed by atoms with Crippen LogP contribution in [0.5, 0.6) is 0 Å². The number of nitro groups is 1. The van der Waals surface area contributed by atoms with Crippen molar-refractivity contribution >= 4 is 29.2 Å². The van der Waals surface area contributed by atoms with Crippen LogP contribution in [0.15, 0.2) is 54.0 Å². The van der Waals surface area contributed by atoms with E-state index in [0.717, 1.165) is 47.9 Å². The molecular weight excluding hydrogens is 454 g/mol. The molecule has 178 valence electrons. The van der Waals surface area contributed by atoms with Crippen LogP contribution < -0.4 is 5.32 Å². The van der Waals surface area contributed by atoms with Crippen LogP contribution in [0.25, 0.3) is 11.3 Å². The number of nitro benzene ring substituents is 1. The van der Waals surface area contributed by atoms with E-state index in [9.17, 15) is 14.9 Å². The summed E-state index contributed by atoms with van der Waals surface area (Å²) in [5.41, 5.74) is 4.77. The number of nitrogens with zero attached hydrogens (tertiary/aromatic N) is 4. The Balaban J connectivity index is 1.63. The molecule has 0 saturated carbocycles. The maximum Gasteiger partial charge on any atom is 0.293 e. The molecule has 0 amide bonds. The summed E-state index contributed by atoms with van der Waals surface area (Å²) in [6.45, 7) is 5.02. The third-order valence-electron chi connectivity index (χ3n) is 5.88. The number of hydrogen-bond acceptors (Lipinski definition) is 9. The first-order valence-electron chi connectivity index (χ1n) is 11.0. The Labute approximate surface area is 202 Å². The Bertz CT molecular complexity index is 1120. The van der Waals surface area contributed by atoms with E-state index in [1.54, 1.807) is 11.6 Å². The summed E-state index contributed by atoms with van der Waals surface area (Å²) in [6.07, 6.45) is 0. The monoisotopic (exact) mass is 481 g/mol. The van der Waals surface area contributed by atoms with Gasteiger partial charge in [-0.25, -0.2) is 4.98 Å². The quantitative estimate of drug-likeness (QED) is 0.265. The zero-order valence-corrected chi connectivity index (χ0v) is 19.7. The lowest BCUT2D eigenvalue weighted by molar-refractivity contribution is -0.384. The van der Waals surface area contributed by atoms with Crippen molar-refractivity contribution in [3.8, 4) is 11.3 Å². The second kappa shape index (κ2) is 11.2. The second-order valence-electron chi connectivity index (χ2n) is 8.25. The molecule has 1 aliphatic heterocycles. The number of benzene rings is 2. The number of aromatic nitrogens is 1. The molecule has 10 heteroatoms. The molecule has 1 aromatic heterocycles. The van der Waals surface area contributed by atoms with Gasteiger partial charge in [-0.1, -0.05) is 36.4 Å². The lowest BCUT2D eigenvalue weighted by Gasteiger charge is -2.32. The van der Waals surface area contributed by atoms with Gasteiger partial charge in [0.05, 0.1) is 27.0 Å². The van der Waals surface area contributed by atoms with Gasteiger partial charge in [0.15, 0.2) is 0 Å². The van der Waals surface area contributed by atoms with Gasteiger partial charge in [-0.3, -0.25) is 19.8 Å². The van der Waals surface area contributed by atoms with Gasteiger partial charge in [0.1, 0.15) is 12.3 Å². The maximum absolute atomic E-state index is 11.8. The Morgan fingerprint density at radius 1 is 1.21 bits per heavy atom. The number of nitrogens with one attached hydrogen (secondary N) is 1. The molecule has 2 aromatic carbocycles. The molecule has 0 radical (unpaired) electrons. The number of thiazole rings is 1. The molecule has 1 atom stereocenters. The molecule has 1 fully saturated rings. The standard InChI is InChI=1S/C24H27N5O4S/c1-27-9-11-28(12-10-27)14-18-7-8-22(29(31)32)20(13-18)26-21(15-33-17-30)24-23(25-16-34-24)19-5-3-2-4-6-19/h2-8,13,16-17,21,26H,9-12,14-15H2,1H3. The van der Waals surface area contributed by atoms with Gasteiger partial charge >= 0.3 is 0 Å². The Hall–Kier alpha value is -3.34. The van der Waals surface area contributed by atoms with Gasteiger partial charge in [0.25, 0.3) is 12.2 Å². The van der Waals surface area contributed by atoms with Gasteiger partial charge < -0.3 is 15.0 Å². The second-order valence-corrected chi connectivity index (χ2v) is 9.13. The van der Waals surface area contributed by atoms with Crippen LogP contribution in [-0.4, -0.2) is 66.0 Å². The molecule has 9 nitrogen and oxygen atoms in total. The van der Waals surface area contributed by atoms with Crippen LogP contribution in [0.3, 0.4) is 0 Å². The molecule has 2 heterocycles. The number of ether oxygens (including phenoxy) is 1. The highest BCUT2D eigenvalue weighted by Crippen LogP contribution is 2.35. The van der Waals surface area contributed by atoms with E-state index in [-0.39, 0.29) is 12.3 Å². The minimum absolute atomic E-state index is 0.0192. The van der Waals surface area contributed by atoms with Crippen LogP contribution >= 0.6 is 11.3 Å². The lowest BCUT2D eigenvalue weighted by Crippen LogP contribution is -2.43. The van der Waals surface area contributed by atoms with Gasteiger partial charge in [0, 0.05) is 44.4 Å². The van der Waals surface area contributed by atoms with Crippen molar-refractivity contribution < 1.29 is 14.5 Å². The highest BCUT2D eigenvalue weighted by molar-refractivity contribution is 7.10. The fraction of sp³-hybridized carbons (Fsp3) is 0.333. The minimum atomic E-state index is -0.495. The van der Waals surface area contributed by atoms with Crippen LogP contribution in [0, 0.1) is 10.1 Å². The van der Waals surface area contributed by atoms with Gasteiger partial charge in [-0.05, 0) is 18.7 Å². The molecule has 0 bridgehead atoms. The molecule has 4 rings (SSSR count). The van der Waals surface area contributed by atoms with Crippen LogP contribution in [0.2, 0.25) is 0 Å². The summed E-state index contributed by atoms with van der Waals surface area (Å²) >= 11 is 1.42. The fourth-order valence-corrected chi connectivity index (χ4v) is 4.89. The first-order valence-corrected chi connectivity index (χ1v) is 11.9. The average molecular weight is 482 g/mol. The molecule has 34 heavy (non-hydrogen) atoms. The predicted octanol–water partition coefficient (Wildman–Crippen LogP) is 3.79. The largest absolute Gasteiger partial charge is 0.465 e. The lowest BCUT2D eigenvalue weighted by atomic mass is 10.1. The first-order chi connectivity index (χ1) is 16.5. The molecule has 1 unspecified atom stereocenters. The molecule has 0 spiro atoms. The molecule has 3 aromatic rings. The van der Waals surface area contributed by atoms with E-state index in [2.05, 4.69) is 27.1 Å². The number of carbonyl (C=O) groups is 1. The van der Waals surface area contributed by atoms with Crippen LogP contribution in [-0.2, 0) is 16.1 Å². The Morgan fingerprint density at radius 3 is 2.68 bits per heavy atom. The number of carbonyl (C=O) groups excluding carboxylic acids is 1. The number of likely N-dealkylation sites (N-methyl/N-ethyl adjacent to an activating group) is 1. The third-order valence-corrected chi connectivity index (χ3v) is 6.82. The fourth-order valence-electron chi connectivity index (χ4n) is 4.04. The number of anilines is 1. The van der Waals surface area contributed by atoms with Crippen molar-refractivity contribution in [3.05, 3.63) is 74.6 Å². The summed E-state index contributed by atoms with van der Waals surface area (Å²) < 4.78 is 5.10. The van der Waals surface area contributed by atoms with Crippen molar-refractivity contribution in [2.24, 2.45) is 0 Å². The van der Waals surface area contributed by atoms with Crippen molar-refractivity contribution in [1.29, 1.82) is 0 Å². The first kappa shape index (κ1) is 23.8. The summed E-state index contributed by atoms with van der Waals surface area (Å²) in [7, 11) is 2.11. The van der Waals surface area contributed by atoms with Gasteiger partial charge in [0.2, 0.25) is 0 Å². The van der Waals surface area contributed by atoms with Crippen LogP contribution in [0.1, 0.15) is 16.5 Å². The molecule has 1 saturated heterocycles. The zero-order chi connectivity index (χ0) is 23.9. The van der Waals surface area contributed by atoms with E-state index < -0.39 is 11.0 Å². The summed E-state index contributed by atoms with van der Waals surface area (Å²) in [5, 5.41) is 15.1. The van der Waals surface area contributed by atoms with Crippen molar-refractivity contribution in [2.75, 3.05) is 45.2 Å². The molecule has 0 aliphatic carbocycles. The smallest absolute Gasteiger partial charge is 0.293 e. The number of piperazine rings is 1. The Kier molecular flexibility index (Phi) is 7.84. The molecule has 1 aliphatic rings. The van der Waals surface area contributed by atoms with Crippen molar-refractivity contribution in [1.82, 2.24) is 14.8 Å². The third kappa shape index (κ3) is 5.77. The SMILES string of the molecule is CN1CCN(Cc2ccc([N+](=O)[O-])c(NC(COC=O)c3scnc3-c3ccccc3)c2)CC1. The Morgan fingerprint density at radius 2 is 1.97 bits per heavy atom. The predicted molar refractivity (Wildman–Crippen MR) is 132 cm³/mol. The van der Waals surface area contributed by atoms with Crippen molar-refractivity contribution in [2.45, 2.75) is 12.6 Å². The number of hydrogen-bond donors (Lipinski definition) is 1. The van der Waals surface area contributed by atoms with E-state index in [1.165, 1.54) is 17.4 Å². The summed E-state index contributed by atoms with van der Waals surface area (Å²) in [4.78, 5) is 32.3. The van der Waals surface area contributed by atoms with Crippen molar-refractivity contribution in [3.63, 3.8) is 0 Å². The highest BCUT2D eigenvalue weighted by Gasteiger charge is 2.24. The van der Waals surface area contributed by atoms with E-state index in [1.807, 2.05) is 36.4 Å². The summed E-state index contributed by atoms with van der Waals surface area (Å²) in [6, 6.07) is 14.4. The van der Waals surface area contributed by atoms with E-state index in [0.29, 0.717) is 18.7 Å². The van der Waals surface area contributed by atoms with E-state index >= 15 is 0 Å². The van der Waals surface area contributed by atoms with Crippen LogP contribution in [0.4, 0.5) is 11.4 Å². The van der Waals surface area contributed by atoms with E-state index in [4.69, 9.17) is 4.74 Å². The maximum atomic E-state index is 11.8. The minimum Gasteiger partial charge on any atom is -0.465 e. The normalized spacial score (nSPS) is 15.6. The van der Waals surface area contributed by atoms with Gasteiger partial charge in [-0.2, -0.15) is 0 Å². The van der Waals surface area contributed by atoms with Gasteiger partial charge in [-0.15, -0.1) is 11.3 Å². The topological polar surface area (TPSA) is 101 Å². The molecular formula is C24H27N5O4S. The average Bonchev–Trinajstić information content (AvgIpc) is 3.33.